The maximum atomic E-state index is 13.3. The van der Waals surface area contributed by atoms with Crippen molar-refractivity contribution in [3.63, 3.8) is 0 Å². The number of allylic oxidation sites excluding steroid dienone is 1. The molecular formula is C31H29N3O2. The molecule has 3 aromatic carbocycles. The van der Waals surface area contributed by atoms with E-state index >= 15 is 0 Å². The van der Waals surface area contributed by atoms with Crippen LogP contribution in [0.1, 0.15) is 54.6 Å². The first kappa shape index (κ1) is 23.5. The van der Waals surface area contributed by atoms with Crippen molar-refractivity contribution in [2.24, 2.45) is 0 Å². The Balaban J connectivity index is 1.44. The minimum Gasteiger partial charge on any atom is -0.352 e. The Labute approximate surface area is 210 Å². The predicted octanol–water partition coefficient (Wildman–Crippen LogP) is 6.35. The highest BCUT2D eigenvalue weighted by molar-refractivity contribution is 6.02. The average Bonchev–Trinajstić information content (AvgIpc) is 2.90. The Kier molecular flexibility index (Phi) is 6.38. The summed E-state index contributed by atoms with van der Waals surface area (Å²) < 4.78 is 1.46. The monoisotopic (exact) mass is 475 g/mol. The number of aromatic nitrogens is 2. The first-order valence-corrected chi connectivity index (χ1v) is 12.3. The van der Waals surface area contributed by atoms with Crippen LogP contribution in [0.15, 0.2) is 89.9 Å². The summed E-state index contributed by atoms with van der Waals surface area (Å²) in [6.45, 7) is 6.89. The number of rotatable bonds is 6. The average molecular weight is 476 g/mol. The van der Waals surface area contributed by atoms with Crippen molar-refractivity contribution in [1.82, 2.24) is 14.7 Å². The molecular weight excluding hydrogens is 446 g/mol. The highest BCUT2D eigenvalue weighted by Gasteiger charge is 2.16. The number of amides is 1. The summed E-state index contributed by atoms with van der Waals surface area (Å²) >= 11 is 0. The van der Waals surface area contributed by atoms with Crippen molar-refractivity contribution >= 4 is 38.8 Å². The summed E-state index contributed by atoms with van der Waals surface area (Å²) in [4.78, 5) is 31.2. The van der Waals surface area contributed by atoms with Gasteiger partial charge in [0.15, 0.2) is 5.65 Å². The molecule has 5 nitrogen and oxygen atoms in total. The summed E-state index contributed by atoms with van der Waals surface area (Å²) in [6, 6.07) is 23.5. The molecule has 0 aliphatic rings. The molecule has 0 aliphatic carbocycles. The topological polar surface area (TPSA) is 63.5 Å². The summed E-state index contributed by atoms with van der Waals surface area (Å²) in [7, 11) is 0. The summed E-state index contributed by atoms with van der Waals surface area (Å²) in [5, 5.41) is 5.56. The largest absolute Gasteiger partial charge is 0.352 e. The van der Waals surface area contributed by atoms with Gasteiger partial charge in [-0.3, -0.25) is 14.0 Å². The smallest absolute Gasteiger partial charge is 0.265 e. The maximum absolute atomic E-state index is 13.3. The highest BCUT2D eigenvalue weighted by Crippen LogP contribution is 2.27. The second-order valence-electron chi connectivity index (χ2n) is 9.31. The molecule has 1 amide bonds. The third-order valence-electron chi connectivity index (χ3n) is 6.71. The van der Waals surface area contributed by atoms with Crippen LogP contribution < -0.4 is 10.9 Å². The Morgan fingerprint density at radius 3 is 2.42 bits per heavy atom. The maximum Gasteiger partial charge on any atom is 0.265 e. The Hall–Kier alpha value is -4.25. The second-order valence-corrected chi connectivity index (χ2v) is 9.31. The Morgan fingerprint density at radius 1 is 0.972 bits per heavy atom. The quantitative estimate of drug-likeness (QED) is 0.291. The minimum atomic E-state index is -0.243. The number of nitrogens with one attached hydrogen (secondary N) is 1. The number of benzene rings is 3. The molecule has 5 rings (SSSR count). The number of hydrogen-bond donors (Lipinski definition) is 1. The lowest BCUT2D eigenvalue weighted by Crippen LogP contribution is -2.27. The Morgan fingerprint density at radius 2 is 1.67 bits per heavy atom. The molecule has 180 valence electrons. The number of carbonyl (C=O) groups is 1. The lowest BCUT2D eigenvalue weighted by atomic mass is 9.91. The van der Waals surface area contributed by atoms with Gasteiger partial charge in [0.1, 0.15) is 0 Å². The van der Waals surface area contributed by atoms with Gasteiger partial charge in [-0.1, -0.05) is 68.5 Å². The molecule has 0 atom stereocenters. The van der Waals surface area contributed by atoms with E-state index < -0.39 is 0 Å². The molecule has 0 saturated heterocycles. The van der Waals surface area contributed by atoms with Crippen LogP contribution in [0.4, 0.5) is 0 Å². The third-order valence-corrected chi connectivity index (χ3v) is 6.71. The fourth-order valence-electron chi connectivity index (χ4n) is 4.82. The van der Waals surface area contributed by atoms with Crippen molar-refractivity contribution < 1.29 is 4.79 Å². The molecule has 2 heterocycles. The molecule has 2 aromatic heterocycles. The van der Waals surface area contributed by atoms with Gasteiger partial charge in [0.25, 0.3) is 11.5 Å². The molecule has 5 heteroatoms. The van der Waals surface area contributed by atoms with Crippen LogP contribution in [0.25, 0.3) is 32.9 Å². The van der Waals surface area contributed by atoms with Gasteiger partial charge in [-0.15, -0.1) is 0 Å². The van der Waals surface area contributed by atoms with Crippen molar-refractivity contribution in [3.05, 3.63) is 112 Å². The number of pyridine rings is 1. The molecule has 1 N–H and O–H groups in total. The van der Waals surface area contributed by atoms with Crippen LogP contribution in [0, 0.1) is 0 Å². The van der Waals surface area contributed by atoms with Crippen LogP contribution in [0.2, 0.25) is 0 Å². The van der Waals surface area contributed by atoms with Gasteiger partial charge in [0.2, 0.25) is 0 Å². The molecule has 0 radical (unpaired) electrons. The zero-order valence-corrected chi connectivity index (χ0v) is 20.8. The Bertz CT molecular complexity index is 1700. The van der Waals surface area contributed by atoms with E-state index in [1.54, 1.807) is 18.3 Å². The predicted molar refractivity (Wildman–Crippen MR) is 148 cm³/mol. The molecule has 0 fully saturated rings. The first-order valence-electron chi connectivity index (χ1n) is 12.3. The van der Waals surface area contributed by atoms with Gasteiger partial charge in [0, 0.05) is 12.7 Å². The van der Waals surface area contributed by atoms with E-state index in [9.17, 15) is 9.59 Å². The fraction of sp³-hybridized carbons (Fsp3) is 0.194. The summed E-state index contributed by atoms with van der Waals surface area (Å²) in [6.07, 6.45) is 4.48. The van der Waals surface area contributed by atoms with E-state index in [0.717, 1.165) is 10.8 Å². The normalized spacial score (nSPS) is 12.1. The van der Waals surface area contributed by atoms with Crippen LogP contribution in [-0.2, 0) is 0 Å². The van der Waals surface area contributed by atoms with Crippen LogP contribution in [0.3, 0.4) is 0 Å². The van der Waals surface area contributed by atoms with Gasteiger partial charge >= 0.3 is 0 Å². The van der Waals surface area contributed by atoms with E-state index in [1.807, 2.05) is 43.3 Å². The lowest BCUT2D eigenvalue weighted by Gasteiger charge is -2.16. The molecule has 0 saturated carbocycles. The van der Waals surface area contributed by atoms with Crippen LogP contribution >= 0.6 is 0 Å². The van der Waals surface area contributed by atoms with E-state index in [1.165, 1.54) is 21.1 Å². The first-order chi connectivity index (χ1) is 17.5. The van der Waals surface area contributed by atoms with Crippen molar-refractivity contribution in [2.75, 3.05) is 6.54 Å². The molecule has 0 bridgehead atoms. The zero-order valence-electron chi connectivity index (χ0n) is 20.8. The second kappa shape index (κ2) is 9.78. The van der Waals surface area contributed by atoms with Gasteiger partial charge in [-0.2, -0.15) is 0 Å². The van der Waals surface area contributed by atoms with E-state index in [4.69, 9.17) is 4.98 Å². The molecule has 0 aliphatic heterocycles. The third kappa shape index (κ3) is 4.29. The summed E-state index contributed by atoms with van der Waals surface area (Å²) in [5.41, 5.74) is 4.87. The molecule has 0 unspecified atom stereocenters. The van der Waals surface area contributed by atoms with Crippen LogP contribution in [-0.4, -0.2) is 21.8 Å². The molecule has 36 heavy (non-hydrogen) atoms. The highest BCUT2D eigenvalue weighted by atomic mass is 16.1. The SMILES string of the molecule is C/C=C(/CCNC(=O)c1cccn2c(=O)c3cc4ccccc4cc3nc12)c1ccccc1C(C)C. The van der Waals surface area contributed by atoms with E-state index in [0.29, 0.717) is 41.0 Å². The van der Waals surface area contributed by atoms with E-state index in [-0.39, 0.29) is 11.5 Å². The van der Waals surface area contributed by atoms with Gasteiger partial charge in [-0.25, -0.2) is 4.98 Å². The van der Waals surface area contributed by atoms with Gasteiger partial charge in [-0.05, 0) is 71.0 Å². The minimum absolute atomic E-state index is 0.183. The molecule has 5 aromatic rings. The van der Waals surface area contributed by atoms with Gasteiger partial charge < -0.3 is 5.32 Å². The number of carbonyl (C=O) groups excluding carboxylic acids is 1. The zero-order chi connectivity index (χ0) is 25.2. The standard InChI is InChI=1S/C31H29N3O2/c1-4-21(25-13-8-7-12-24(25)20(2)3)15-16-32-30(35)26-14-9-17-34-29(26)33-28-19-23-11-6-5-10-22(23)18-27(28)31(34)36/h4-14,17-20H,15-16H2,1-3H3,(H,32,35)/b21-4-. The summed E-state index contributed by atoms with van der Waals surface area (Å²) in [5.74, 6) is 0.172. The van der Waals surface area contributed by atoms with Crippen molar-refractivity contribution in [3.8, 4) is 0 Å². The fourth-order valence-corrected chi connectivity index (χ4v) is 4.82. The van der Waals surface area contributed by atoms with Crippen molar-refractivity contribution in [2.45, 2.75) is 33.1 Å². The lowest BCUT2D eigenvalue weighted by molar-refractivity contribution is 0.0955. The van der Waals surface area contributed by atoms with Gasteiger partial charge in [0.05, 0.1) is 16.5 Å². The molecule has 0 spiro atoms. The van der Waals surface area contributed by atoms with Crippen LogP contribution in [0.5, 0.6) is 0 Å². The van der Waals surface area contributed by atoms with E-state index in [2.05, 4.69) is 49.5 Å². The number of fused-ring (bicyclic) bond motifs is 3. The number of hydrogen-bond acceptors (Lipinski definition) is 3. The van der Waals surface area contributed by atoms with Crippen molar-refractivity contribution in [1.29, 1.82) is 0 Å². The number of nitrogens with zero attached hydrogens (tertiary/aromatic N) is 2.